The second-order valence-corrected chi connectivity index (χ2v) is 8.69. The number of fused-ring (bicyclic) bond motifs is 1. The highest BCUT2D eigenvalue weighted by Gasteiger charge is 2.16. The summed E-state index contributed by atoms with van der Waals surface area (Å²) in [4.78, 5) is 16.1. The Bertz CT molecular complexity index is 1390. The second kappa shape index (κ2) is 8.85. The third-order valence-electron chi connectivity index (χ3n) is 4.73. The van der Waals surface area contributed by atoms with E-state index in [1.54, 1.807) is 18.5 Å². The third kappa shape index (κ3) is 4.66. The van der Waals surface area contributed by atoms with Crippen molar-refractivity contribution in [2.24, 2.45) is 0 Å². The van der Waals surface area contributed by atoms with E-state index in [9.17, 15) is 22.0 Å². The first-order valence-electron chi connectivity index (χ1n) is 9.60. The molecule has 1 amide bonds. The van der Waals surface area contributed by atoms with Crippen LogP contribution >= 0.6 is 0 Å². The number of halogens is 2. The van der Waals surface area contributed by atoms with Crippen LogP contribution in [0.15, 0.2) is 78.0 Å². The maximum Gasteiger partial charge on any atom is 0.240 e. The third-order valence-corrected chi connectivity index (χ3v) is 6.19. The predicted molar refractivity (Wildman–Crippen MR) is 116 cm³/mol. The van der Waals surface area contributed by atoms with Crippen molar-refractivity contribution in [3.63, 3.8) is 0 Å². The summed E-state index contributed by atoms with van der Waals surface area (Å²) in [5.74, 6) is -2.81. The van der Waals surface area contributed by atoms with Crippen molar-refractivity contribution in [1.29, 1.82) is 0 Å². The number of para-hydroxylation sites is 2. The lowest BCUT2D eigenvalue weighted by molar-refractivity contribution is -0.116. The standard InChI is InChI=1S/C22H18F2N4O3S/c23-18-10-9-17(13-19(18)24)32(30,31)26-12-11-22(29)27-15-5-7-16(8-6-15)28-14-25-20-3-1-2-4-21(20)28/h1-10,13-14,26H,11-12H2,(H,27,29). The zero-order valence-electron chi connectivity index (χ0n) is 16.6. The first-order chi connectivity index (χ1) is 15.3. The molecular weight excluding hydrogens is 438 g/mol. The van der Waals surface area contributed by atoms with Crippen LogP contribution in [0.5, 0.6) is 0 Å². The van der Waals surface area contributed by atoms with E-state index in [2.05, 4.69) is 15.0 Å². The lowest BCUT2D eigenvalue weighted by Gasteiger charge is -2.09. The molecule has 0 aliphatic heterocycles. The molecule has 3 aromatic carbocycles. The molecule has 7 nitrogen and oxygen atoms in total. The molecule has 164 valence electrons. The van der Waals surface area contributed by atoms with Gasteiger partial charge in [-0.25, -0.2) is 26.9 Å². The van der Waals surface area contributed by atoms with Gasteiger partial charge in [0.05, 0.1) is 15.9 Å². The Hall–Kier alpha value is -3.63. The van der Waals surface area contributed by atoms with Gasteiger partial charge in [0, 0.05) is 24.3 Å². The quantitative estimate of drug-likeness (QED) is 0.444. The minimum Gasteiger partial charge on any atom is -0.326 e. The van der Waals surface area contributed by atoms with Crippen LogP contribution in [0.2, 0.25) is 0 Å². The molecule has 0 fully saturated rings. The number of carbonyl (C=O) groups is 1. The Morgan fingerprint density at radius 1 is 0.969 bits per heavy atom. The van der Waals surface area contributed by atoms with Crippen LogP contribution in [0.1, 0.15) is 6.42 Å². The smallest absolute Gasteiger partial charge is 0.240 e. The number of rotatable bonds is 7. The molecule has 0 saturated heterocycles. The van der Waals surface area contributed by atoms with Gasteiger partial charge in [0.25, 0.3) is 0 Å². The van der Waals surface area contributed by atoms with E-state index in [-0.39, 0.29) is 13.0 Å². The summed E-state index contributed by atoms with van der Waals surface area (Å²) in [5.41, 5.74) is 3.25. The highest BCUT2D eigenvalue weighted by molar-refractivity contribution is 7.89. The summed E-state index contributed by atoms with van der Waals surface area (Å²) >= 11 is 0. The minimum absolute atomic E-state index is 0.142. The summed E-state index contributed by atoms with van der Waals surface area (Å²) < 4.78 is 54.6. The molecule has 4 rings (SSSR count). The van der Waals surface area contributed by atoms with Gasteiger partial charge in [0.2, 0.25) is 15.9 Å². The number of anilines is 1. The van der Waals surface area contributed by atoms with Gasteiger partial charge in [-0.15, -0.1) is 0 Å². The number of carbonyl (C=O) groups excluding carboxylic acids is 1. The van der Waals surface area contributed by atoms with Crippen LogP contribution in [-0.2, 0) is 14.8 Å². The van der Waals surface area contributed by atoms with Gasteiger partial charge in [0.15, 0.2) is 11.6 Å². The summed E-state index contributed by atoms with van der Waals surface area (Å²) in [6.45, 7) is -0.202. The largest absolute Gasteiger partial charge is 0.326 e. The molecule has 0 unspecified atom stereocenters. The van der Waals surface area contributed by atoms with E-state index in [0.29, 0.717) is 11.8 Å². The fourth-order valence-electron chi connectivity index (χ4n) is 3.12. The van der Waals surface area contributed by atoms with Crippen molar-refractivity contribution in [1.82, 2.24) is 14.3 Å². The van der Waals surface area contributed by atoms with Gasteiger partial charge in [-0.05, 0) is 54.6 Å². The van der Waals surface area contributed by atoms with Gasteiger partial charge >= 0.3 is 0 Å². The highest BCUT2D eigenvalue weighted by atomic mass is 32.2. The number of aromatic nitrogens is 2. The second-order valence-electron chi connectivity index (χ2n) is 6.92. The Kier molecular flexibility index (Phi) is 5.97. The van der Waals surface area contributed by atoms with Crippen LogP contribution in [0, 0.1) is 11.6 Å². The van der Waals surface area contributed by atoms with Crippen LogP contribution in [0.4, 0.5) is 14.5 Å². The molecule has 0 spiro atoms. The van der Waals surface area contributed by atoms with Crippen LogP contribution < -0.4 is 10.0 Å². The van der Waals surface area contributed by atoms with E-state index in [1.807, 2.05) is 41.0 Å². The first-order valence-corrected chi connectivity index (χ1v) is 11.1. The molecule has 32 heavy (non-hydrogen) atoms. The topological polar surface area (TPSA) is 93.1 Å². The molecule has 0 atom stereocenters. The molecule has 0 aliphatic carbocycles. The minimum atomic E-state index is -4.06. The molecule has 0 bridgehead atoms. The molecule has 1 heterocycles. The lowest BCUT2D eigenvalue weighted by atomic mass is 10.2. The summed E-state index contributed by atoms with van der Waals surface area (Å²) in [6, 6.07) is 17.1. The fraction of sp³-hybridized carbons (Fsp3) is 0.0909. The van der Waals surface area contributed by atoms with Crippen LogP contribution in [0.25, 0.3) is 16.7 Å². The molecule has 0 aliphatic rings. The van der Waals surface area contributed by atoms with Gasteiger partial charge in [-0.3, -0.25) is 9.36 Å². The van der Waals surface area contributed by atoms with Crippen molar-refractivity contribution in [2.45, 2.75) is 11.3 Å². The lowest BCUT2D eigenvalue weighted by Crippen LogP contribution is -2.28. The number of benzene rings is 3. The van der Waals surface area contributed by atoms with Crippen molar-refractivity contribution < 1.29 is 22.0 Å². The molecule has 1 aromatic heterocycles. The fourth-order valence-corrected chi connectivity index (χ4v) is 4.16. The highest BCUT2D eigenvalue weighted by Crippen LogP contribution is 2.20. The monoisotopic (exact) mass is 456 g/mol. The molecular formula is C22H18F2N4O3S. The van der Waals surface area contributed by atoms with Crippen molar-refractivity contribution in [3.05, 3.63) is 84.7 Å². The van der Waals surface area contributed by atoms with Crippen molar-refractivity contribution in [2.75, 3.05) is 11.9 Å². The van der Waals surface area contributed by atoms with E-state index >= 15 is 0 Å². The Labute approximate surface area is 182 Å². The molecule has 2 N–H and O–H groups in total. The number of hydrogen-bond acceptors (Lipinski definition) is 4. The summed E-state index contributed by atoms with van der Waals surface area (Å²) in [6.07, 6.45) is 1.58. The number of hydrogen-bond donors (Lipinski definition) is 2. The van der Waals surface area contributed by atoms with Crippen LogP contribution in [-0.4, -0.2) is 30.4 Å². The molecule has 0 saturated carbocycles. The van der Waals surface area contributed by atoms with Crippen molar-refractivity contribution in [3.8, 4) is 5.69 Å². The van der Waals surface area contributed by atoms with Gasteiger partial charge in [0.1, 0.15) is 6.33 Å². The van der Waals surface area contributed by atoms with E-state index in [1.165, 1.54) is 0 Å². The number of imidazole rings is 1. The van der Waals surface area contributed by atoms with E-state index < -0.39 is 32.5 Å². The average molecular weight is 456 g/mol. The zero-order chi connectivity index (χ0) is 22.7. The van der Waals surface area contributed by atoms with Crippen LogP contribution in [0.3, 0.4) is 0 Å². The van der Waals surface area contributed by atoms with E-state index in [4.69, 9.17) is 0 Å². The zero-order valence-corrected chi connectivity index (χ0v) is 17.4. The van der Waals surface area contributed by atoms with E-state index in [0.717, 1.165) is 28.9 Å². The maximum atomic E-state index is 13.3. The Morgan fingerprint density at radius 3 is 2.47 bits per heavy atom. The molecule has 0 radical (unpaired) electrons. The average Bonchev–Trinajstić information content (AvgIpc) is 3.20. The van der Waals surface area contributed by atoms with Gasteiger partial charge in [-0.1, -0.05) is 12.1 Å². The Morgan fingerprint density at radius 2 is 1.72 bits per heavy atom. The maximum absolute atomic E-state index is 13.3. The number of sulfonamides is 1. The van der Waals surface area contributed by atoms with Gasteiger partial charge in [-0.2, -0.15) is 0 Å². The SMILES string of the molecule is O=C(CCNS(=O)(=O)c1ccc(F)c(F)c1)Nc1ccc(-n2cnc3ccccc32)cc1. The molecule has 4 aromatic rings. The summed E-state index contributed by atoms with van der Waals surface area (Å²) in [5, 5.41) is 2.69. The van der Waals surface area contributed by atoms with Crippen molar-refractivity contribution >= 4 is 32.7 Å². The molecule has 10 heteroatoms. The number of nitrogens with zero attached hydrogens (tertiary/aromatic N) is 2. The first kappa shape index (κ1) is 21.6. The number of amides is 1. The Balaban J connectivity index is 1.34. The predicted octanol–water partition coefficient (Wildman–Crippen LogP) is 3.61. The van der Waals surface area contributed by atoms with Gasteiger partial charge < -0.3 is 5.32 Å². The number of nitrogens with one attached hydrogen (secondary N) is 2. The summed E-state index contributed by atoms with van der Waals surface area (Å²) in [7, 11) is -4.06. The normalized spacial score (nSPS) is 11.6.